The smallest absolute Gasteiger partial charge is 0.194 e. The van der Waals surface area contributed by atoms with Gasteiger partial charge in [0, 0.05) is 52.4 Å². The number of aryl methyl sites for hydroxylation is 1. The van der Waals surface area contributed by atoms with E-state index in [-0.39, 0.29) is 0 Å². The molecule has 6 heteroatoms. The molecule has 0 saturated carbocycles. The minimum absolute atomic E-state index is 0.804. The van der Waals surface area contributed by atoms with E-state index in [1.807, 2.05) is 13.1 Å². The third-order valence-electron chi connectivity index (χ3n) is 4.46. The Balaban J connectivity index is 1.49. The topological polar surface area (TPSA) is 56.9 Å². The van der Waals surface area contributed by atoms with Crippen LogP contribution < -0.4 is 5.32 Å². The number of rotatable bonds is 4. The zero-order valence-electron chi connectivity index (χ0n) is 14.4. The average Bonchev–Trinajstić information content (AvgIpc) is 3.11. The van der Waals surface area contributed by atoms with Crippen molar-refractivity contribution in [3.63, 3.8) is 0 Å². The molecule has 2 heterocycles. The third kappa shape index (κ3) is 4.14. The van der Waals surface area contributed by atoms with Crippen LogP contribution >= 0.6 is 0 Å². The van der Waals surface area contributed by atoms with Gasteiger partial charge in [0.15, 0.2) is 5.96 Å². The van der Waals surface area contributed by atoms with Gasteiger partial charge in [-0.2, -0.15) is 0 Å². The van der Waals surface area contributed by atoms with Crippen molar-refractivity contribution in [2.24, 2.45) is 4.99 Å². The normalized spacial score (nSPS) is 16.4. The van der Waals surface area contributed by atoms with Crippen LogP contribution in [0.15, 0.2) is 46.1 Å². The van der Waals surface area contributed by atoms with E-state index in [0.717, 1.165) is 50.9 Å². The molecule has 1 aliphatic heterocycles. The molecule has 3 rings (SSSR count). The molecule has 24 heavy (non-hydrogen) atoms. The monoisotopic (exact) mass is 327 g/mol. The Morgan fingerprint density at radius 2 is 2.00 bits per heavy atom. The lowest BCUT2D eigenvalue weighted by Crippen LogP contribution is -2.52. The van der Waals surface area contributed by atoms with Crippen molar-refractivity contribution in [2.45, 2.75) is 20.0 Å². The van der Waals surface area contributed by atoms with Crippen molar-refractivity contribution in [1.82, 2.24) is 20.3 Å². The van der Waals surface area contributed by atoms with E-state index in [9.17, 15) is 0 Å². The molecule has 1 N–H and O–H groups in total. The maximum Gasteiger partial charge on any atom is 0.194 e. The van der Waals surface area contributed by atoms with Crippen molar-refractivity contribution in [3.8, 4) is 0 Å². The number of nitrogens with one attached hydrogen (secondary N) is 1. The molecule has 1 aliphatic rings. The quantitative estimate of drug-likeness (QED) is 0.686. The summed E-state index contributed by atoms with van der Waals surface area (Å²) in [6, 6.07) is 10.4. The second-order valence-corrected chi connectivity index (χ2v) is 6.08. The predicted molar refractivity (Wildman–Crippen MR) is 94.7 cm³/mol. The maximum atomic E-state index is 4.90. The molecule has 0 bridgehead atoms. The van der Waals surface area contributed by atoms with E-state index in [0.29, 0.717) is 0 Å². The summed E-state index contributed by atoms with van der Waals surface area (Å²) in [5.41, 5.74) is 3.60. The van der Waals surface area contributed by atoms with Crippen LogP contribution in [0.5, 0.6) is 0 Å². The SMILES string of the molecule is CN=C(NCc1ccccc1C)N1CCN(Cc2ccon2)CC1. The Morgan fingerprint density at radius 3 is 2.67 bits per heavy atom. The van der Waals surface area contributed by atoms with Gasteiger partial charge in [-0.3, -0.25) is 9.89 Å². The first kappa shape index (κ1) is 16.5. The second-order valence-electron chi connectivity index (χ2n) is 6.08. The van der Waals surface area contributed by atoms with Crippen molar-refractivity contribution < 1.29 is 4.52 Å². The fourth-order valence-corrected chi connectivity index (χ4v) is 2.98. The standard InChI is InChI=1S/C18H25N5O/c1-15-5-3-4-6-16(15)13-20-18(19-2)23-10-8-22(9-11-23)14-17-7-12-24-21-17/h3-7,12H,8-11,13-14H2,1-2H3,(H,19,20). The zero-order chi connectivity index (χ0) is 16.8. The minimum atomic E-state index is 0.804. The van der Waals surface area contributed by atoms with E-state index in [1.165, 1.54) is 11.1 Å². The number of benzene rings is 1. The highest BCUT2D eigenvalue weighted by Crippen LogP contribution is 2.09. The fourth-order valence-electron chi connectivity index (χ4n) is 2.98. The summed E-state index contributed by atoms with van der Waals surface area (Å²) in [6.07, 6.45) is 1.63. The van der Waals surface area contributed by atoms with Crippen LogP contribution in [0.4, 0.5) is 0 Å². The van der Waals surface area contributed by atoms with E-state index >= 15 is 0 Å². The van der Waals surface area contributed by atoms with Crippen LogP contribution in [0.25, 0.3) is 0 Å². The van der Waals surface area contributed by atoms with E-state index < -0.39 is 0 Å². The Hall–Kier alpha value is -2.34. The van der Waals surface area contributed by atoms with Gasteiger partial charge in [-0.15, -0.1) is 0 Å². The molecular formula is C18H25N5O. The first-order chi connectivity index (χ1) is 11.8. The van der Waals surface area contributed by atoms with Crippen molar-refractivity contribution in [2.75, 3.05) is 33.2 Å². The van der Waals surface area contributed by atoms with Crippen LogP contribution in [0.1, 0.15) is 16.8 Å². The van der Waals surface area contributed by atoms with Gasteiger partial charge in [-0.05, 0) is 18.1 Å². The Kier molecular flexibility index (Phi) is 5.48. The van der Waals surface area contributed by atoms with Crippen molar-refractivity contribution in [3.05, 3.63) is 53.4 Å². The summed E-state index contributed by atoms with van der Waals surface area (Å²) in [7, 11) is 1.85. The molecule has 0 atom stereocenters. The molecule has 0 spiro atoms. The highest BCUT2D eigenvalue weighted by Gasteiger charge is 2.20. The molecule has 2 aromatic rings. The van der Waals surface area contributed by atoms with Gasteiger partial charge >= 0.3 is 0 Å². The summed E-state index contributed by atoms with van der Waals surface area (Å²) < 4.78 is 4.90. The lowest BCUT2D eigenvalue weighted by molar-refractivity contribution is 0.169. The molecule has 6 nitrogen and oxygen atoms in total. The third-order valence-corrected chi connectivity index (χ3v) is 4.46. The van der Waals surface area contributed by atoms with Crippen LogP contribution in [-0.4, -0.2) is 54.1 Å². The van der Waals surface area contributed by atoms with Gasteiger partial charge in [0.05, 0.1) is 5.69 Å². The number of hydrogen-bond acceptors (Lipinski definition) is 4. The van der Waals surface area contributed by atoms with Gasteiger partial charge in [-0.25, -0.2) is 0 Å². The predicted octanol–water partition coefficient (Wildman–Crippen LogP) is 1.88. The van der Waals surface area contributed by atoms with Crippen LogP contribution in [-0.2, 0) is 13.1 Å². The van der Waals surface area contributed by atoms with Crippen LogP contribution in [0.2, 0.25) is 0 Å². The summed E-state index contributed by atoms with van der Waals surface area (Å²) in [5, 5.41) is 7.47. The van der Waals surface area contributed by atoms with Gasteiger partial charge in [-0.1, -0.05) is 29.4 Å². The van der Waals surface area contributed by atoms with E-state index in [2.05, 4.69) is 56.5 Å². The average molecular weight is 327 g/mol. The molecule has 128 valence electrons. The van der Waals surface area contributed by atoms with Crippen molar-refractivity contribution in [1.29, 1.82) is 0 Å². The minimum Gasteiger partial charge on any atom is -0.364 e. The van der Waals surface area contributed by atoms with Gasteiger partial charge in [0.25, 0.3) is 0 Å². The Bertz CT molecular complexity index is 660. The molecule has 1 saturated heterocycles. The van der Waals surface area contributed by atoms with Gasteiger partial charge < -0.3 is 14.7 Å². The largest absolute Gasteiger partial charge is 0.364 e. The summed E-state index contributed by atoms with van der Waals surface area (Å²) in [4.78, 5) is 9.15. The number of guanidine groups is 1. The van der Waals surface area contributed by atoms with Crippen LogP contribution in [0, 0.1) is 6.92 Å². The molecule has 1 aromatic heterocycles. The van der Waals surface area contributed by atoms with Gasteiger partial charge in [0.1, 0.15) is 6.26 Å². The molecule has 0 aliphatic carbocycles. The molecule has 1 aromatic carbocycles. The molecular weight excluding hydrogens is 302 g/mol. The number of aliphatic imine (C=N–C) groups is 1. The Morgan fingerprint density at radius 1 is 1.21 bits per heavy atom. The first-order valence-electron chi connectivity index (χ1n) is 8.38. The number of nitrogens with zero attached hydrogens (tertiary/aromatic N) is 4. The van der Waals surface area contributed by atoms with E-state index in [1.54, 1.807) is 6.26 Å². The molecule has 1 fully saturated rings. The van der Waals surface area contributed by atoms with Crippen molar-refractivity contribution >= 4 is 5.96 Å². The van der Waals surface area contributed by atoms with Gasteiger partial charge in [0.2, 0.25) is 0 Å². The molecule has 0 amide bonds. The number of piperazine rings is 1. The number of aromatic nitrogens is 1. The van der Waals surface area contributed by atoms with E-state index in [4.69, 9.17) is 4.52 Å². The molecule has 0 radical (unpaired) electrons. The lowest BCUT2D eigenvalue weighted by atomic mass is 10.1. The molecule has 0 unspecified atom stereocenters. The summed E-state index contributed by atoms with van der Waals surface area (Å²) in [5.74, 6) is 0.972. The fraction of sp³-hybridized carbons (Fsp3) is 0.444. The lowest BCUT2D eigenvalue weighted by Gasteiger charge is -2.36. The highest BCUT2D eigenvalue weighted by atomic mass is 16.5. The summed E-state index contributed by atoms with van der Waals surface area (Å²) in [6.45, 7) is 7.72. The Labute approximate surface area is 143 Å². The zero-order valence-corrected chi connectivity index (χ0v) is 14.4. The highest BCUT2D eigenvalue weighted by molar-refractivity contribution is 5.80. The number of hydrogen-bond donors (Lipinski definition) is 1. The second kappa shape index (κ2) is 7.97. The maximum absolute atomic E-state index is 4.90. The summed E-state index contributed by atoms with van der Waals surface area (Å²) >= 11 is 0. The first-order valence-corrected chi connectivity index (χ1v) is 8.38. The van der Waals surface area contributed by atoms with Crippen LogP contribution in [0.3, 0.4) is 0 Å².